The SMILES string of the molecule is CCn1cc(C(=O)NC(C)c2ccc(F)cc2)c(=O)c2cc(C)ccc21. The number of hydrogen-bond acceptors (Lipinski definition) is 2. The van der Waals surface area contributed by atoms with Crippen LogP contribution in [0.25, 0.3) is 10.9 Å². The van der Waals surface area contributed by atoms with E-state index in [1.165, 1.54) is 12.1 Å². The normalized spacial score (nSPS) is 12.2. The quantitative estimate of drug-likeness (QED) is 0.773. The molecule has 1 atom stereocenters. The van der Waals surface area contributed by atoms with Crippen LogP contribution in [0.5, 0.6) is 0 Å². The molecular weight excluding hydrogens is 331 g/mol. The Morgan fingerprint density at radius 3 is 2.54 bits per heavy atom. The Labute approximate surface area is 151 Å². The van der Waals surface area contributed by atoms with E-state index in [1.807, 2.05) is 36.6 Å². The van der Waals surface area contributed by atoms with Crippen molar-refractivity contribution in [2.45, 2.75) is 33.4 Å². The molecular formula is C21H21FN2O2. The zero-order valence-corrected chi connectivity index (χ0v) is 15.0. The topological polar surface area (TPSA) is 51.1 Å². The molecule has 0 aliphatic carbocycles. The van der Waals surface area contributed by atoms with E-state index in [1.54, 1.807) is 25.3 Å². The van der Waals surface area contributed by atoms with Gasteiger partial charge in [-0.3, -0.25) is 9.59 Å². The van der Waals surface area contributed by atoms with E-state index in [-0.39, 0.29) is 22.9 Å². The summed E-state index contributed by atoms with van der Waals surface area (Å²) >= 11 is 0. The number of benzene rings is 2. The number of pyridine rings is 1. The Hall–Kier alpha value is -2.95. The first-order valence-electron chi connectivity index (χ1n) is 8.61. The van der Waals surface area contributed by atoms with Gasteiger partial charge in [0, 0.05) is 18.1 Å². The minimum atomic E-state index is -0.433. The standard InChI is InChI=1S/C21H21FN2O2/c1-4-24-12-18(20(25)17-11-13(2)5-10-19(17)24)21(26)23-14(3)15-6-8-16(22)9-7-15/h5-12,14H,4H2,1-3H3,(H,23,26). The third-order valence-corrected chi connectivity index (χ3v) is 4.54. The van der Waals surface area contributed by atoms with Crippen LogP contribution in [0.1, 0.15) is 41.4 Å². The van der Waals surface area contributed by atoms with Gasteiger partial charge < -0.3 is 9.88 Å². The second-order valence-corrected chi connectivity index (χ2v) is 6.43. The van der Waals surface area contributed by atoms with E-state index in [2.05, 4.69) is 5.32 Å². The number of aromatic nitrogens is 1. The van der Waals surface area contributed by atoms with Gasteiger partial charge in [-0.1, -0.05) is 23.8 Å². The third-order valence-electron chi connectivity index (χ3n) is 4.54. The van der Waals surface area contributed by atoms with Crippen LogP contribution in [0.15, 0.2) is 53.5 Å². The summed E-state index contributed by atoms with van der Waals surface area (Å²) in [6, 6.07) is 11.3. The summed E-state index contributed by atoms with van der Waals surface area (Å²) < 4.78 is 15.0. The summed E-state index contributed by atoms with van der Waals surface area (Å²) in [6.45, 7) is 6.33. The second-order valence-electron chi connectivity index (χ2n) is 6.43. The molecule has 0 aliphatic rings. The molecule has 0 fully saturated rings. The maximum Gasteiger partial charge on any atom is 0.257 e. The predicted octanol–water partition coefficient (Wildman–Crippen LogP) is 3.96. The summed E-state index contributed by atoms with van der Waals surface area (Å²) in [7, 11) is 0. The number of rotatable bonds is 4. The van der Waals surface area contributed by atoms with Crippen molar-refractivity contribution in [3.05, 3.63) is 81.4 Å². The van der Waals surface area contributed by atoms with Crippen LogP contribution in [-0.2, 0) is 6.54 Å². The van der Waals surface area contributed by atoms with E-state index < -0.39 is 5.91 Å². The van der Waals surface area contributed by atoms with Gasteiger partial charge in [-0.25, -0.2) is 4.39 Å². The molecule has 5 heteroatoms. The largest absolute Gasteiger partial charge is 0.347 e. The van der Waals surface area contributed by atoms with E-state index in [0.717, 1.165) is 16.6 Å². The first-order valence-corrected chi connectivity index (χ1v) is 8.61. The molecule has 1 N–H and O–H groups in total. The van der Waals surface area contributed by atoms with Crippen molar-refractivity contribution >= 4 is 16.8 Å². The molecule has 3 rings (SSSR count). The molecule has 2 aromatic carbocycles. The molecule has 0 bridgehead atoms. The van der Waals surface area contributed by atoms with Gasteiger partial charge in [-0.15, -0.1) is 0 Å². The molecule has 0 spiro atoms. The number of hydrogen-bond donors (Lipinski definition) is 1. The lowest BCUT2D eigenvalue weighted by atomic mass is 10.1. The van der Waals surface area contributed by atoms with Gasteiger partial charge in [-0.2, -0.15) is 0 Å². The van der Waals surface area contributed by atoms with Crippen LogP contribution < -0.4 is 10.7 Å². The smallest absolute Gasteiger partial charge is 0.257 e. The minimum absolute atomic E-state index is 0.110. The van der Waals surface area contributed by atoms with Crippen LogP contribution in [0.2, 0.25) is 0 Å². The number of nitrogens with zero attached hydrogens (tertiary/aromatic N) is 1. The van der Waals surface area contributed by atoms with Crippen molar-refractivity contribution in [2.24, 2.45) is 0 Å². The fourth-order valence-electron chi connectivity index (χ4n) is 3.04. The highest BCUT2D eigenvalue weighted by Gasteiger charge is 2.17. The molecule has 1 heterocycles. The van der Waals surface area contributed by atoms with E-state index in [0.29, 0.717) is 11.9 Å². The Bertz CT molecular complexity index is 1020. The molecule has 0 saturated carbocycles. The molecule has 1 aromatic heterocycles. The number of fused-ring (bicyclic) bond motifs is 1. The predicted molar refractivity (Wildman–Crippen MR) is 101 cm³/mol. The zero-order chi connectivity index (χ0) is 18.8. The van der Waals surface area contributed by atoms with Crippen LogP contribution in [-0.4, -0.2) is 10.5 Å². The maximum atomic E-state index is 13.1. The molecule has 1 unspecified atom stereocenters. The molecule has 134 valence electrons. The average Bonchev–Trinajstić information content (AvgIpc) is 2.62. The summed E-state index contributed by atoms with van der Waals surface area (Å²) in [5, 5.41) is 3.36. The van der Waals surface area contributed by atoms with Crippen molar-refractivity contribution in [3.8, 4) is 0 Å². The van der Waals surface area contributed by atoms with E-state index in [9.17, 15) is 14.0 Å². The lowest BCUT2D eigenvalue weighted by Gasteiger charge is -2.16. The van der Waals surface area contributed by atoms with Crippen molar-refractivity contribution in [1.29, 1.82) is 0 Å². The fourth-order valence-corrected chi connectivity index (χ4v) is 3.04. The Kier molecular flexibility index (Phi) is 4.89. The highest BCUT2D eigenvalue weighted by atomic mass is 19.1. The zero-order valence-electron chi connectivity index (χ0n) is 15.0. The number of carbonyl (C=O) groups is 1. The second kappa shape index (κ2) is 7.12. The van der Waals surface area contributed by atoms with Crippen molar-refractivity contribution in [1.82, 2.24) is 9.88 Å². The lowest BCUT2D eigenvalue weighted by molar-refractivity contribution is 0.0938. The van der Waals surface area contributed by atoms with Gasteiger partial charge >= 0.3 is 0 Å². The molecule has 0 saturated heterocycles. The Morgan fingerprint density at radius 2 is 1.88 bits per heavy atom. The number of aryl methyl sites for hydroxylation is 2. The summed E-state index contributed by atoms with van der Waals surface area (Å²) in [5.74, 6) is -0.763. The molecule has 0 radical (unpaired) electrons. The van der Waals surface area contributed by atoms with Crippen LogP contribution in [0.4, 0.5) is 4.39 Å². The van der Waals surface area contributed by atoms with Gasteiger partial charge in [0.1, 0.15) is 11.4 Å². The number of amides is 1. The molecule has 3 aromatic rings. The summed E-state index contributed by atoms with van der Waals surface area (Å²) in [5.41, 5.74) is 2.38. The highest BCUT2D eigenvalue weighted by Crippen LogP contribution is 2.16. The molecule has 0 aliphatic heterocycles. The number of carbonyl (C=O) groups excluding carboxylic acids is 1. The van der Waals surface area contributed by atoms with Gasteiger partial charge in [0.2, 0.25) is 5.43 Å². The molecule has 4 nitrogen and oxygen atoms in total. The average molecular weight is 352 g/mol. The van der Waals surface area contributed by atoms with Crippen LogP contribution in [0.3, 0.4) is 0 Å². The van der Waals surface area contributed by atoms with E-state index >= 15 is 0 Å². The van der Waals surface area contributed by atoms with Crippen LogP contribution >= 0.6 is 0 Å². The highest BCUT2D eigenvalue weighted by molar-refractivity contribution is 5.97. The lowest BCUT2D eigenvalue weighted by Crippen LogP contribution is -2.31. The minimum Gasteiger partial charge on any atom is -0.347 e. The number of halogens is 1. The van der Waals surface area contributed by atoms with Crippen LogP contribution in [0, 0.1) is 12.7 Å². The first kappa shape index (κ1) is 17.9. The van der Waals surface area contributed by atoms with Crippen molar-refractivity contribution < 1.29 is 9.18 Å². The van der Waals surface area contributed by atoms with Gasteiger partial charge in [0.05, 0.1) is 11.6 Å². The van der Waals surface area contributed by atoms with Gasteiger partial charge in [0.25, 0.3) is 5.91 Å². The Morgan fingerprint density at radius 1 is 1.19 bits per heavy atom. The fraction of sp³-hybridized carbons (Fsp3) is 0.238. The van der Waals surface area contributed by atoms with Gasteiger partial charge in [0.15, 0.2) is 0 Å². The van der Waals surface area contributed by atoms with E-state index in [4.69, 9.17) is 0 Å². The monoisotopic (exact) mass is 352 g/mol. The van der Waals surface area contributed by atoms with Crippen molar-refractivity contribution in [2.75, 3.05) is 0 Å². The first-order chi connectivity index (χ1) is 12.4. The third kappa shape index (κ3) is 3.38. The van der Waals surface area contributed by atoms with Gasteiger partial charge in [-0.05, 0) is 50.6 Å². The molecule has 1 amide bonds. The summed E-state index contributed by atoms with van der Waals surface area (Å²) in [6.07, 6.45) is 1.60. The Balaban J connectivity index is 1.98. The summed E-state index contributed by atoms with van der Waals surface area (Å²) in [4.78, 5) is 25.5. The number of nitrogens with one attached hydrogen (secondary N) is 1. The van der Waals surface area contributed by atoms with Crippen molar-refractivity contribution in [3.63, 3.8) is 0 Å². The molecule has 26 heavy (non-hydrogen) atoms. The maximum absolute atomic E-state index is 13.1.